The Labute approximate surface area is 196 Å². The molecule has 2 aliphatic heterocycles. The Morgan fingerprint density at radius 3 is 2.85 bits per heavy atom. The van der Waals surface area contributed by atoms with E-state index in [1.54, 1.807) is 12.1 Å². The minimum atomic E-state index is 0.163. The summed E-state index contributed by atoms with van der Waals surface area (Å²) in [5.74, 6) is 3.01. The summed E-state index contributed by atoms with van der Waals surface area (Å²) in [4.78, 5) is 16.0. The third-order valence-corrected chi connectivity index (χ3v) is 7.57. The molecule has 1 saturated heterocycles. The van der Waals surface area contributed by atoms with Gasteiger partial charge in [0.2, 0.25) is 0 Å². The van der Waals surface area contributed by atoms with Gasteiger partial charge in [-0.25, -0.2) is 15.0 Å². The lowest BCUT2D eigenvalue weighted by Crippen LogP contribution is -2.14. The van der Waals surface area contributed by atoms with Crippen molar-refractivity contribution in [2.24, 2.45) is 0 Å². The summed E-state index contributed by atoms with van der Waals surface area (Å²) in [7, 11) is 0. The molecule has 4 heterocycles. The fraction of sp³-hybridized carbons (Fsp3) is 0.320. The zero-order valence-corrected chi connectivity index (χ0v) is 19.0. The van der Waals surface area contributed by atoms with E-state index < -0.39 is 0 Å². The van der Waals surface area contributed by atoms with Gasteiger partial charge < -0.3 is 19.7 Å². The number of hydrogen-bond donors (Lipinski definition) is 2. The van der Waals surface area contributed by atoms with Gasteiger partial charge in [0.15, 0.2) is 11.5 Å². The lowest BCUT2D eigenvalue weighted by molar-refractivity contribution is 0.187. The number of aromatic hydroxyl groups is 1. The van der Waals surface area contributed by atoms with Crippen LogP contribution in [0.3, 0.4) is 0 Å². The Morgan fingerprint density at radius 1 is 1.12 bits per heavy atom. The van der Waals surface area contributed by atoms with Crippen molar-refractivity contribution in [3.63, 3.8) is 0 Å². The van der Waals surface area contributed by atoms with E-state index in [-0.39, 0.29) is 17.7 Å². The van der Waals surface area contributed by atoms with Crippen molar-refractivity contribution in [2.45, 2.75) is 29.7 Å². The van der Waals surface area contributed by atoms with Crippen LogP contribution in [0.4, 0.5) is 5.82 Å². The molecule has 0 saturated carbocycles. The maximum absolute atomic E-state index is 9.52. The Balaban J connectivity index is 1.35. The number of anilines is 1. The van der Waals surface area contributed by atoms with Crippen LogP contribution in [0.25, 0.3) is 11.2 Å². The number of nitrogens with one attached hydrogen (secondary N) is 1. The van der Waals surface area contributed by atoms with Crippen molar-refractivity contribution < 1.29 is 9.84 Å². The first kappa shape index (κ1) is 20.5. The number of aromatic nitrogens is 4. The molecule has 2 N–H and O–H groups in total. The number of phenolic OH excluding ortho intramolecular Hbond substituents is 1. The lowest BCUT2D eigenvalue weighted by Gasteiger charge is -2.15. The zero-order chi connectivity index (χ0) is 22.2. The summed E-state index contributed by atoms with van der Waals surface area (Å²) in [6, 6.07) is 16.1. The Kier molecular flexibility index (Phi) is 5.39. The van der Waals surface area contributed by atoms with Gasteiger partial charge in [-0.05, 0) is 42.2 Å². The molecule has 1 fully saturated rings. The molecule has 33 heavy (non-hydrogen) atoms. The number of nitrogens with zero attached hydrogens (tertiary/aromatic N) is 4. The highest BCUT2D eigenvalue weighted by molar-refractivity contribution is 7.99. The SMILES string of the molecule is Oc1ccc(CCNc2nc(C3CSc4ccccc43)nc3c2ncn3[C@@H]2CCOC2)cc1. The topological polar surface area (TPSA) is 85.1 Å². The van der Waals surface area contributed by atoms with Crippen molar-refractivity contribution in [1.29, 1.82) is 0 Å². The quantitative estimate of drug-likeness (QED) is 0.442. The molecule has 8 heteroatoms. The molecule has 0 spiro atoms. The van der Waals surface area contributed by atoms with Gasteiger partial charge in [-0.2, -0.15) is 0 Å². The van der Waals surface area contributed by atoms with Gasteiger partial charge in [-0.15, -0.1) is 11.8 Å². The Morgan fingerprint density at radius 2 is 2.00 bits per heavy atom. The van der Waals surface area contributed by atoms with Crippen molar-refractivity contribution in [3.8, 4) is 5.75 Å². The van der Waals surface area contributed by atoms with Crippen LogP contribution in [0.2, 0.25) is 0 Å². The summed E-state index contributed by atoms with van der Waals surface area (Å²) < 4.78 is 7.79. The number of ether oxygens (including phenoxy) is 1. The van der Waals surface area contributed by atoms with E-state index in [9.17, 15) is 5.11 Å². The summed E-state index contributed by atoms with van der Waals surface area (Å²) in [6.07, 6.45) is 3.67. The molecule has 4 aromatic rings. The van der Waals surface area contributed by atoms with Crippen LogP contribution in [-0.2, 0) is 11.2 Å². The van der Waals surface area contributed by atoms with Gasteiger partial charge in [-0.3, -0.25) is 0 Å². The molecular formula is C25H25N5O2S. The van der Waals surface area contributed by atoms with E-state index in [4.69, 9.17) is 19.7 Å². The summed E-state index contributed by atoms with van der Waals surface area (Å²) >= 11 is 1.87. The average molecular weight is 460 g/mol. The van der Waals surface area contributed by atoms with Crippen molar-refractivity contribution in [2.75, 3.05) is 30.8 Å². The van der Waals surface area contributed by atoms with Gasteiger partial charge in [0.25, 0.3) is 0 Å². The summed E-state index contributed by atoms with van der Waals surface area (Å²) in [5, 5.41) is 13.0. The van der Waals surface area contributed by atoms with E-state index >= 15 is 0 Å². The number of hydrogen-bond acceptors (Lipinski definition) is 7. The molecule has 2 aromatic carbocycles. The largest absolute Gasteiger partial charge is 0.508 e. The standard InChI is InChI=1S/C25H25N5O2S/c31-18-7-5-16(6-8-18)9-11-26-24-22-25(30(15-27-22)17-10-12-32-13-17)29-23(28-24)20-14-33-21-4-2-1-3-19(20)21/h1-8,15,17,20,31H,9-14H2,(H,26,28,29)/t17-,20?/m1/s1. The number of fused-ring (bicyclic) bond motifs is 2. The molecular weight excluding hydrogens is 434 g/mol. The third-order valence-electron chi connectivity index (χ3n) is 6.39. The van der Waals surface area contributed by atoms with Crippen LogP contribution in [0, 0.1) is 0 Å². The molecule has 168 valence electrons. The average Bonchev–Trinajstić information content (AvgIpc) is 3.59. The Hall–Kier alpha value is -3.10. The highest BCUT2D eigenvalue weighted by Gasteiger charge is 2.29. The Bertz CT molecular complexity index is 1280. The predicted octanol–water partition coefficient (Wildman–Crippen LogP) is 4.39. The van der Waals surface area contributed by atoms with Crippen LogP contribution in [0.5, 0.6) is 5.75 Å². The first-order valence-corrected chi connectivity index (χ1v) is 12.3. The maximum Gasteiger partial charge on any atom is 0.166 e. The monoisotopic (exact) mass is 459 g/mol. The highest BCUT2D eigenvalue weighted by Crippen LogP contribution is 2.42. The second-order valence-corrected chi connectivity index (χ2v) is 9.58. The molecule has 1 unspecified atom stereocenters. The van der Waals surface area contributed by atoms with Gasteiger partial charge >= 0.3 is 0 Å². The van der Waals surface area contributed by atoms with E-state index in [0.29, 0.717) is 13.2 Å². The fourth-order valence-electron chi connectivity index (χ4n) is 4.59. The van der Waals surface area contributed by atoms with Crippen LogP contribution in [0.15, 0.2) is 59.8 Å². The van der Waals surface area contributed by atoms with E-state index in [0.717, 1.165) is 53.6 Å². The van der Waals surface area contributed by atoms with Crippen molar-refractivity contribution >= 4 is 28.7 Å². The molecule has 2 atom stereocenters. The van der Waals surface area contributed by atoms with Crippen molar-refractivity contribution in [1.82, 2.24) is 19.5 Å². The molecule has 0 bridgehead atoms. The fourth-order valence-corrected chi connectivity index (χ4v) is 5.81. The van der Waals surface area contributed by atoms with Gasteiger partial charge in [-0.1, -0.05) is 30.3 Å². The molecule has 0 amide bonds. The molecule has 2 aromatic heterocycles. The minimum Gasteiger partial charge on any atom is -0.508 e. The second-order valence-electron chi connectivity index (χ2n) is 8.52. The summed E-state index contributed by atoms with van der Waals surface area (Å²) in [5.41, 5.74) is 4.13. The maximum atomic E-state index is 9.52. The van der Waals surface area contributed by atoms with Crippen LogP contribution in [-0.4, -0.2) is 50.1 Å². The molecule has 2 aliphatic rings. The number of phenols is 1. The minimum absolute atomic E-state index is 0.163. The van der Waals surface area contributed by atoms with E-state index in [2.05, 4.69) is 34.1 Å². The first-order chi connectivity index (χ1) is 16.3. The third kappa shape index (κ3) is 3.94. The zero-order valence-electron chi connectivity index (χ0n) is 18.1. The first-order valence-electron chi connectivity index (χ1n) is 11.3. The van der Waals surface area contributed by atoms with Crippen molar-refractivity contribution in [3.05, 3.63) is 71.8 Å². The van der Waals surface area contributed by atoms with Crippen LogP contribution >= 0.6 is 11.8 Å². The highest BCUT2D eigenvalue weighted by atomic mass is 32.2. The van der Waals surface area contributed by atoms with E-state index in [1.165, 1.54) is 10.5 Å². The number of rotatable bonds is 6. The van der Waals surface area contributed by atoms with Gasteiger partial charge in [0.1, 0.15) is 17.1 Å². The number of thioether (sulfide) groups is 1. The molecule has 7 nitrogen and oxygen atoms in total. The van der Waals surface area contributed by atoms with Crippen LogP contribution in [0.1, 0.15) is 35.3 Å². The number of benzene rings is 2. The molecule has 6 rings (SSSR count). The lowest BCUT2D eigenvalue weighted by atomic mass is 10.0. The van der Waals surface area contributed by atoms with Gasteiger partial charge in [0, 0.05) is 23.8 Å². The molecule has 0 aliphatic carbocycles. The number of imidazole rings is 1. The smallest absolute Gasteiger partial charge is 0.166 e. The van der Waals surface area contributed by atoms with E-state index in [1.807, 2.05) is 30.2 Å². The molecule has 0 radical (unpaired) electrons. The van der Waals surface area contributed by atoms with Crippen LogP contribution < -0.4 is 5.32 Å². The summed E-state index contributed by atoms with van der Waals surface area (Å²) in [6.45, 7) is 2.18. The predicted molar refractivity (Wildman–Crippen MR) is 129 cm³/mol. The second kappa shape index (κ2) is 8.68. The van der Waals surface area contributed by atoms with Gasteiger partial charge in [0.05, 0.1) is 24.9 Å². The normalized spacial score (nSPS) is 19.8.